The largest absolute Gasteiger partial charge is 0.333 e. The summed E-state index contributed by atoms with van der Waals surface area (Å²) in [5.74, 6) is -0.587. The van der Waals surface area contributed by atoms with Crippen LogP contribution in [0.15, 0.2) is 65.9 Å². The van der Waals surface area contributed by atoms with Crippen LogP contribution in [0.25, 0.3) is 0 Å². The molecule has 0 aromatic heterocycles. The molecule has 0 unspecified atom stereocenters. The van der Waals surface area contributed by atoms with E-state index >= 15 is 0 Å². The highest BCUT2D eigenvalue weighted by atomic mass is 19.1. The van der Waals surface area contributed by atoms with Crippen molar-refractivity contribution in [1.82, 2.24) is 15.1 Å². The first-order valence-electron chi connectivity index (χ1n) is 8.91. The summed E-state index contributed by atoms with van der Waals surface area (Å²) in [5, 5.41) is 2.76. The van der Waals surface area contributed by atoms with Gasteiger partial charge in [-0.05, 0) is 18.1 Å². The van der Waals surface area contributed by atoms with E-state index in [4.69, 9.17) is 0 Å². The van der Waals surface area contributed by atoms with Crippen LogP contribution in [0, 0.1) is 5.82 Å². The van der Waals surface area contributed by atoms with Crippen molar-refractivity contribution in [3.8, 4) is 0 Å². The molecule has 2 heterocycles. The van der Waals surface area contributed by atoms with Crippen LogP contribution in [0.3, 0.4) is 0 Å². The predicted octanol–water partition coefficient (Wildman–Crippen LogP) is 2.86. The maximum Gasteiger partial charge on any atom is 0.322 e. The second-order valence-corrected chi connectivity index (χ2v) is 6.79. The summed E-state index contributed by atoms with van der Waals surface area (Å²) in [5.41, 5.74) is 2.55. The van der Waals surface area contributed by atoms with E-state index in [-0.39, 0.29) is 11.9 Å². The molecule has 2 aliphatic rings. The summed E-state index contributed by atoms with van der Waals surface area (Å²) in [6.45, 7) is 0.901. The quantitative estimate of drug-likeness (QED) is 0.906. The van der Waals surface area contributed by atoms with Crippen LogP contribution in [0.4, 0.5) is 9.18 Å². The molecule has 1 atom stereocenters. The molecule has 2 aromatic rings. The second kappa shape index (κ2) is 6.87. The number of likely N-dealkylation sites (N-methyl/N-ethyl adjacent to an activating group) is 1. The number of nitrogens with zero attached hydrogens (tertiary/aromatic N) is 2. The number of carbonyl (C=O) groups is 2. The van der Waals surface area contributed by atoms with Crippen molar-refractivity contribution in [3.63, 3.8) is 0 Å². The number of carbonyl (C=O) groups excluding carboxylic acids is 2. The van der Waals surface area contributed by atoms with Gasteiger partial charge < -0.3 is 10.2 Å². The zero-order chi connectivity index (χ0) is 19.0. The van der Waals surface area contributed by atoms with Gasteiger partial charge in [0.15, 0.2) is 0 Å². The Bertz CT molecular complexity index is 926. The number of hydrogen-bond acceptors (Lipinski definition) is 2. The van der Waals surface area contributed by atoms with Gasteiger partial charge in [-0.15, -0.1) is 0 Å². The van der Waals surface area contributed by atoms with Crippen molar-refractivity contribution >= 4 is 11.9 Å². The molecule has 0 fully saturated rings. The van der Waals surface area contributed by atoms with Gasteiger partial charge in [-0.3, -0.25) is 9.69 Å². The molecule has 0 saturated carbocycles. The fourth-order valence-corrected chi connectivity index (χ4v) is 3.66. The van der Waals surface area contributed by atoms with E-state index < -0.39 is 11.9 Å². The number of hydrogen-bond donors (Lipinski definition) is 1. The van der Waals surface area contributed by atoms with Gasteiger partial charge in [0.05, 0.1) is 23.9 Å². The lowest BCUT2D eigenvalue weighted by Crippen LogP contribution is -2.45. The van der Waals surface area contributed by atoms with Crippen LogP contribution in [0.2, 0.25) is 0 Å². The van der Waals surface area contributed by atoms with Gasteiger partial charge in [-0.25, -0.2) is 9.18 Å². The first kappa shape index (κ1) is 17.3. The summed E-state index contributed by atoms with van der Waals surface area (Å²) in [7, 11) is 1.64. The van der Waals surface area contributed by atoms with Crippen molar-refractivity contribution in [2.75, 3.05) is 20.1 Å². The van der Waals surface area contributed by atoms with Crippen LogP contribution in [0.5, 0.6) is 0 Å². The lowest BCUT2D eigenvalue weighted by Gasteiger charge is -2.31. The van der Waals surface area contributed by atoms with Gasteiger partial charge in [-0.1, -0.05) is 48.5 Å². The molecule has 4 rings (SSSR count). The lowest BCUT2D eigenvalue weighted by molar-refractivity contribution is -0.125. The SMILES string of the molecule is CN1C(=O)N[C@@H](c2ccccc2F)C2=C1CN(CCc1ccccc1)C2=O. The Morgan fingerprint density at radius 3 is 2.52 bits per heavy atom. The summed E-state index contributed by atoms with van der Waals surface area (Å²) in [6, 6.07) is 15.1. The van der Waals surface area contributed by atoms with Gasteiger partial charge in [0.25, 0.3) is 5.91 Å². The second-order valence-electron chi connectivity index (χ2n) is 6.79. The van der Waals surface area contributed by atoms with E-state index in [9.17, 15) is 14.0 Å². The molecule has 2 aliphatic heterocycles. The van der Waals surface area contributed by atoms with Crippen molar-refractivity contribution in [3.05, 3.63) is 82.8 Å². The molecule has 27 heavy (non-hydrogen) atoms. The highest BCUT2D eigenvalue weighted by Gasteiger charge is 2.43. The first-order chi connectivity index (χ1) is 13.1. The van der Waals surface area contributed by atoms with Gasteiger partial charge in [0.1, 0.15) is 5.82 Å². The minimum atomic E-state index is -0.765. The maximum absolute atomic E-state index is 14.3. The fraction of sp³-hybridized carbons (Fsp3) is 0.238. The fourth-order valence-electron chi connectivity index (χ4n) is 3.66. The number of nitrogens with one attached hydrogen (secondary N) is 1. The lowest BCUT2D eigenvalue weighted by atomic mass is 9.95. The molecule has 3 amide bonds. The Morgan fingerprint density at radius 1 is 1.07 bits per heavy atom. The van der Waals surface area contributed by atoms with Crippen LogP contribution < -0.4 is 5.32 Å². The number of urea groups is 1. The van der Waals surface area contributed by atoms with Gasteiger partial charge >= 0.3 is 6.03 Å². The van der Waals surface area contributed by atoms with Crippen molar-refractivity contribution in [2.24, 2.45) is 0 Å². The van der Waals surface area contributed by atoms with Crippen molar-refractivity contribution < 1.29 is 14.0 Å². The molecule has 5 nitrogen and oxygen atoms in total. The Balaban J connectivity index is 1.61. The van der Waals surface area contributed by atoms with Crippen LogP contribution in [0.1, 0.15) is 17.2 Å². The van der Waals surface area contributed by atoms with Gasteiger partial charge in [-0.2, -0.15) is 0 Å². The standard InChI is InChI=1S/C21H20FN3O2/c1-24-17-13-25(12-11-14-7-3-2-4-8-14)20(26)18(17)19(23-21(24)27)15-9-5-6-10-16(15)22/h2-10,19H,11-13H2,1H3,(H,23,27)/t19-/m0/s1. The number of benzene rings is 2. The average molecular weight is 365 g/mol. The summed E-state index contributed by atoms with van der Waals surface area (Å²) in [6.07, 6.45) is 0.725. The van der Waals surface area contributed by atoms with Crippen LogP contribution >= 0.6 is 0 Å². The molecule has 0 radical (unpaired) electrons. The number of rotatable bonds is 4. The van der Waals surface area contributed by atoms with E-state index in [1.165, 1.54) is 11.0 Å². The van der Waals surface area contributed by atoms with E-state index in [1.807, 2.05) is 30.3 Å². The monoisotopic (exact) mass is 365 g/mol. The average Bonchev–Trinajstić information content (AvgIpc) is 3.01. The topological polar surface area (TPSA) is 52.7 Å². The molecule has 2 aromatic carbocycles. The minimum Gasteiger partial charge on any atom is -0.333 e. The highest BCUT2D eigenvalue weighted by Crippen LogP contribution is 2.36. The Hall–Kier alpha value is -3.15. The summed E-state index contributed by atoms with van der Waals surface area (Å²) >= 11 is 0. The molecule has 1 N–H and O–H groups in total. The molecule has 0 spiro atoms. The highest BCUT2D eigenvalue weighted by molar-refractivity contribution is 6.01. The van der Waals surface area contributed by atoms with E-state index in [0.29, 0.717) is 29.9 Å². The zero-order valence-corrected chi connectivity index (χ0v) is 15.0. The molecular weight excluding hydrogens is 345 g/mol. The Morgan fingerprint density at radius 2 is 1.78 bits per heavy atom. The third kappa shape index (κ3) is 3.07. The smallest absolute Gasteiger partial charge is 0.322 e. The first-order valence-corrected chi connectivity index (χ1v) is 8.91. The minimum absolute atomic E-state index is 0.152. The Kier molecular flexibility index (Phi) is 4.39. The normalized spacial score (nSPS) is 19.4. The Labute approximate surface area is 157 Å². The number of halogens is 1. The van der Waals surface area contributed by atoms with Crippen molar-refractivity contribution in [2.45, 2.75) is 12.5 Å². The molecule has 0 bridgehead atoms. The maximum atomic E-state index is 14.3. The third-order valence-corrected chi connectivity index (χ3v) is 5.16. The molecule has 0 aliphatic carbocycles. The molecule has 138 valence electrons. The van der Waals surface area contributed by atoms with Crippen LogP contribution in [-0.2, 0) is 11.2 Å². The number of amides is 3. The van der Waals surface area contributed by atoms with Crippen LogP contribution in [-0.4, -0.2) is 41.9 Å². The van der Waals surface area contributed by atoms with Gasteiger partial charge in [0.2, 0.25) is 0 Å². The predicted molar refractivity (Wildman–Crippen MR) is 99.2 cm³/mol. The van der Waals surface area contributed by atoms with Crippen molar-refractivity contribution in [1.29, 1.82) is 0 Å². The summed E-state index contributed by atoms with van der Waals surface area (Å²) < 4.78 is 14.3. The van der Waals surface area contributed by atoms with E-state index in [0.717, 1.165) is 12.0 Å². The molecular formula is C21H20FN3O2. The molecule has 0 saturated heterocycles. The van der Waals surface area contributed by atoms with Gasteiger partial charge in [0, 0.05) is 19.2 Å². The van der Waals surface area contributed by atoms with E-state index in [1.54, 1.807) is 30.1 Å². The third-order valence-electron chi connectivity index (χ3n) is 5.16. The zero-order valence-electron chi connectivity index (χ0n) is 15.0. The van der Waals surface area contributed by atoms with E-state index in [2.05, 4.69) is 5.32 Å². The summed E-state index contributed by atoms with van der Waals surface area (Å²) in [4.78, 5) is 28.6. The molecule has 6 heteroatoms.